The highest BCUT2D eigenvalue weighted by Gasteiger charge is 2.16. The third kappa shape index (κ3) is 3.11. The first kappa shape index (κ1) is 16.1. The highest BCUT2D eigenvalue weighted by atomic mass is 32.1. The molecule has 0 saturated carbocycles. The molecule has 24 heavy (non-hydrogen) atoms. The Morgan fingerprint density at radius 1 is 1.21 bits per heavy atom. The third-order valence-electron chi connectivity index (χ3n) is 3.54. The monoisotopic (exact) mass is 343 g/mol. The van der Waals surface area contributed by atoms with Gasteiger partial charge in [0.1, 0.15) is 22.9 Å². The molecule has 0 saturated heterocycles. The Balaban J connectivity index is 1.85. The van der Waals surface area contributed by atoms with E-state index < -0.39 is 0 Å². The molecule has 1 aromatic carbocycles. The van der Waals surface area contributed by atoms with Crippen LogP contribution in [0.5, 0.6) is 11.5 Å². The van der Waals surface area contributed by atoms with Crippen LogP contribution >= 0.6 is 11.3 Å². The molecule has 1 N–H and O–H groups in total. The standard InChI is InChI=1S/C17H17N3O3S/c1-20-14(10-13(19-20)16-5-4-8-24-16)17(21)18-12-7-6-11(22-2)9-15(12)23-3/h4-10H,1-3H3,(H,18,21). The molecule has 0 aliphatic rings. The van der Waals surface area contributed by atoms with E-state index in [1.54, 1.807) is 61.6 Å². The lowest BCUT2D eigenvalue weighted by atomic mass is 10.2. The van der Waals surface area contributed by atoms with Crippen LogP contribution in [0.1, 0.15) is 10.5 Å². The van der Waals surface area contributed by atoms with Crippen LogP contribution in [0, 0.1) is 0 Å². The van der Waals surface area contributed by atoms with Crippen molar-refractivity contribution in [1.82, 2.24) is 9.78 Å². The van der Waals surface area contributed by atoms with Crippen LogP contribution < -0.4 is 14.8 Å². The van der Waals surface area contributed by atoms with Gasteiger partial charge in [-0.3, -0.25) is 9.48 Å². The zero-order valence-electron chi connectivity index (χ0n) is 13.6. The molecule has 3 aromatic rings. The number of amides is 1. The quantitative estimate of drug-likeness (QED) is 0.771. The first-order valence-corrected chi connectivity index (χ1v) is 8.11. The van der Waals surface area contributed by atoms with Gasteiger partial charge >= 0.3 is 0 Å². The van der Waals surface area contributed by atoms with Crippen molar-refractivity contribution in [3.8, 4) is 22.1 Å². The van der Waals surface area contributed by atoms with E-state index in [1.165, 1.54) is 0 Å². The van der Waals surface area contributed by atoms with Crippen LogP contribution in [0.4, 0.5) is 5.69 Å². The Hall–Kier alpha value is -2.80. The van der Waals surface area contributed by atoms with Crippen LogP contribution in [0.25, 0.3) is 10.6 Å². The van der Waals surface area contributed by atoms with E-state index in [-0.39, 0.29) is 5.91 Å². The van der Waals surface area contributed by atoms with E-state index in [9.17, 15) is 4.79 Å². The number of anilines is 1. The lowest BCUT2D eigenvalue weighted by Crippen LogP contribution is -2.16. The highest BCUT2D eigenvalue weighted by Crippen LogP contribution is 2.30. The van der Waals surface area contributed by atoms with Gasteiger partial charge in [0, 0.05) is 13.1 Å². The van der Waals surface area contributed by atoms with Crippen molar-refractivity contribution >= 4 is 22.9 Å². The molecule has 0 spiro atoms. The maximum atomic E-state index is 12.6. The molecule has 2 heterocycles. The predicted octanol–water partition coefficient (Wildman–Crippen LogP) is 3.42. The molecular weight excluding hydrogens is 326 g/mol. The first-order chi connectivity index (χ1) is 11.6. The molecule has 7 heteroatoms. The molecule has 0 bridgehead atoms. The number of aryl methyl sites for hydroxylation is 1. The minimum atomic E-state index is -0.253. The zero-order chi connectivity index (χ0) is 17.1. The number of methoxy groups -OCH3 is 2. The Morgan fingerprint density at radius 3 is 2.71 bits per heavy atom. The summed E-state index contributed by atoms with van der Waals surface area (Å²) >= 11 is 1.58. The lowest BCUT2D eigenvalue weighted by Gasteiger charge is -2.11. The Labute approximate surface area is 143 Å². The summed E-state index contributed by atoms with van der Waals surface area (Å²) in [6, 6.07) is 10.9. The topological polar surface area (TPSA) is 65.4 Å². The number of hydrogen-bond acceptors (Lipinski definition) is 5. The number of nitrogens with one attached hydrogen (secondary N) is 1. The summed E-state index contributed by atoms with van der Waals surface area (Å²) in [6.07, 6.45) is 0. The van der Waals surface area contributed by atoms with Gasteiger partial charge in [0.25, 0.3) is 5.91 Å². The Kier molecular flexibility index (Phi) is 4.52. The van der Waals surface area contributed by atoms with Gasteiger partial charge in [-0.05, 0) is 29.6 Å². The summed E-state index contributed by atoms with van der Waals surface area (Å²) in [5.74, 6) is 0.935. The molecule has 2 aromatic heterocycles. The van der Waals surface area contributed by atoms with E-state index in [0.29, 0.717) is 22.9 Å². The average molecular weight is 343 g/mol. The second-order valence-electron chi connectivity index (χ2n) is 5.04. The molecule has 0 aliphatic heterocycles. The second-order valence-corrected chi connectivity index (χ2v) is 5.98. The van der Waals surface area contributed by atoms with Crippen molar-refractivity contribution < 1.29 is 14.3 Å². The summed E-state index contributed by atoms with van der Waals surface area (Å²) in [7, 11) is 4.87. The Bertz CT molecular complexity index is 856. The fourth-order valence-electron chi connectivity index (χ4n) is 2.31. The normalized spacial score (nSPS) is 10.5. The number of nitrogens with zero attached hydrogens (tertiary/aromatic N) is 2. The van der Waals surface area contributed by atoms with Crippen LogP contribution in [-0.4, -0.2) is 29.9 Å². The molecule has 3 rings (SSSR count). The second kappa shape index (κ2) is 6.76. The van der Waals surface area contributed by atoms with Gasteiger partial charge < -0.3 is 14.8 Å². The van der Waals surface area contributed by atoms with E-state index in [0.717, 1.165) is 10.6 Å². The number of carbonyl (C=O) groups is 1. The number of hydrogen-bond donors (Lipinski definition) is 1. The minimum Gasteiger partial charge on any atom is -0.497 e. The summed E-state index contributed by atoms with van der Waals surface area (Å²) in [5.41, 5.74) is 1.82. The number of aromatic nitrogens is 2. The summed E-state index contributed by atoms with van der Waals surface area (Å²) in [6.45, 7) is 0. The van der Waals surface area contributed by atoms with E-state index in [1.807, 2.05) is 17.5 Å². The molecule has 0 aliphatic carbocycles. The van der Waals surface area contributed by atoms with Crippen molar-refractivity contribution in [2.45, 2.75) is 0 Å². The SMILES string of the molecule is COc1ccc(NC(=O)c2cc(-c3cccs3)nn2C)c(OC)c1. The largest absolute Gasteiger partial charge is 0.497 e. The van der Waals surface area contributed by atoms with Gasteiger partial charge in [-0.2, -0.15) is 5.10 Å². The number of thiophene rings is 1. The van der Waals surface area contributed by atoms with Gasteiger partial charge in [0.15, 0.2) is 0 Å². The van der Waals surface area contributed by atoms with Crippen molar-refractivity contribution in [2.24, 2.45) is 7.05 Å². The van der Waals surface area contributed by atoms with E-state index in [4.69, 9.17) is 9.47 Å². The van der Waals surface area contributed by atoms with Crippen molar-refractivity contribution in [3.63, 3.8) is 0 Å². The van der Waals surface area contributed by atoms with Crippen LogP contribution in [0.15, 0.2) is 41.8 Å². The van der Waals surface area contributed by atoms with Gasteiger partial charge in [-0.25, -0.2) is 0 Å². The minimum absolute atomic E-state index is 0.253. The van der Waals surface area contributed by atoms with E-state index >= 15 is 0 Å². The van der Waals surface area contributed by atoms with Crippen molar-refractivity contribution in [1.29, 1.82) is 0 Å². The van der Waals surface area contributed by atoms with E-state index in [2.05, 4.69) is 10.4 Å². The number of benzene rings is 1. The maximum absolute atomic E-state index is 12.6. The summed E-state index contributed by atoms with van der Waals surface area (Å²) < 4.78 is 12.0. The summed E-state index contributed by atoms with van der Waals surface area (Å²) in [5, 5.41) is 9.23. The molecule has 0 radical (unpaired) electrons. The van der Waals surface area contributed by atoms with Crippen molar-refractivity contribution in [3.05, 3.63) is 47.5 Å². The third-order valence-corrected chi connectivity index (χ3v) is 4.44. The first-order valence-electron chi connectivity index (χ1n) is 7.23. The van der Waals surface area contributed by atoms with Crippen LogP contribution in [0.2, 0.25) is 0 Å². The predicted molar refractivity (Wildman–Crippen MR) is 94.0 cm³/mol. The molecule has 0 unspecified atom stereocenters. The average Bonchev–Trinajstić information content (AvgIpc) is 3.24. The van der Waals surface area contributed by atoms with Gasteiger partial charge in [-0.1, -0.05) is 6.07 Å². The van der Waals surface area contributed by atoms with Gasteiger partial charge in [-0.15, -0.1) is 11.3 Å². The lowest BCUT2D eigenvalue weighted by molar-refractivity contribution is 0.101. The van der Waals surface area contributed by atoms with Gasteiger partial charge in [0.05, 0.1) is 24.8 Å². The molecule has 124 valence electrons. The molecule has 6 nitrogen and oxygen atoms in total. The highest BCUT2D eigenvalue weighted by molar-refractivity contribution is 7.13. The number of rotatable bonds is 5. The molecule has 0 atom stereocenters. The number of carbonyl (C=O) groups excluding carboxylic acids is 1. The number of ether oxygens (including phenoxy) is 2. The fourth-order valence-corrected chi connectivity index (χ4v) is 2.99. The van der Waals surface area contributed by atoms with Crippen molar-refractivity contribution in [2.75, 3.05) is 19.5 Å². The molecule has 1 amide bonds. The fraction of sp³-hybridized carbons (Fsp3) is 0.176. The smallest absolute Gasteiger partial charge is 0.274 e. The maximum Gasteiger partial charge on any atom is 0.274 e. The van der Waals surface area contributed by atoms with Crippen LogP contribution in [0.3, 0.4) is 0 Å². The molecular formula is C17H17N3O3S. The van der Waals surface area contributed by atoms with Gasteiger partial charge in [0.2, 0.25) is 0 Å². The summed E-state index contributed by atoms with van der Waals surface area (Å²) in [4.78, 5) is 13.6. The molecule has 0 fully saturated rings. The van der Waals surface area contributed by atoms with Crippen LogP contribution in [-0.2, 0) is 7.05 Å². The Morgan fingerprint density at radius 2 is 2.04 bits per heavy atom. The zero-order valence-corrected chi connectivity index (χ0v) is 14.4.